The van der Waals surface area contributed by atoms with Gasteiger partial charge in [0, 0.05) is 26.5 Å². The molecule has 34 heavy (non-hydrogen) atoms. The molecule has 3 heteroatoms. The van der Waals surface area contributed by atoms with Crippen LogP contribution in [0.3, 0.4) is 0 Å². The lowest BCUT2D eigenvalue weighted by Gasteiger charge is -2.13. The van der Waals surface area contributed by atoms with Crippen molar-refractivity contribution in [3.8, 4) is 17.1 Å². The number of nitrogens with zero attached hydrogens (tertiary/aromatic N) is 2. The summed E-state index contributed by atoms with van der Waals surface area (Å²) < 4.78 is 3.36. The largest absolute Gasteiger partial charge is 0.292 e. The van der Waals surface area contributed by atoms with Gasteiger partial charge in [0.15, 0.2) is 0 Å². The summed E-state index contributed by atoms with van der Waals surface area (Å²) in [5.41, 5.74) is 4.34. The lowest BCUT2D eigenvalue weighted by Crippen LogP contribution is -1.98. The lowest BCUT2D eigenvalue weighted by molar-refractivity contribution is 1.10. The van der Waals surface area contributed by atoms with Crippen LogP contribution in [0.15, 0.2) is 120 Å². The van der Waals surface area contributed by atoms with E-state index in [1.165, 1.54) is 32.3 Å². The molecule has 0 bridgehead atoms. The second kappa shape index (κ2) is 7.54. The van der Waals surface area contributed by atoms with Gasteiger partial charge in [-0.05, 0) is 45.8 Å². The summed E-state index contributed by atoms with van der Waals surface area (Å²) in [6.07, 6.45) is 0. The number of halogens is 1. The van der Waals surface area contributed by atoms with Gasteiger partial charge in [-0.15, -0.1) is 0 Å². The molecule has 2 nitrogen and oxygen atoms in total. The van der Waals surface area contributed by atoms with Crippen LogP contribution in [0.4, 0.5) is 0 Å². The number of aromatic nitrogens is 2. The molecule has 7 rings (SSSR count). The van der Waals surface area contributed by atoms with Crippen molar-refractivity contribution in [2.45, 2.75) is 0 Å². The van der Waals surface area contributed by atoms with E-state index in [4.69, 9.17) is 4.98 Å². The maximum Gasteiger partial charge on any atom is 0.145 e. The fraction of sp³-hybridized carbons (Fsp3) is 0. The van der Waals surface area contributed by atoms with Crippen molar-refractivity contribution >= 4 is 59.3 Å². The van der Waals surface area contributed by atoms with Crippen LogP contribution >= 0.6 is 15.9 Å². The fourth-order valence-corrected chi connectivity index (χ4v) is 5.48. The van der Waals surface area contributed by atoms with Crippen LogP contribution in [0.1, 0.15) is 0 Å². The highest BCUT2D eigenvalue weighted by molar-refractivity contribution is 9.10. The summed E-state index contributed by atoms with van der Waals surface area (Å²) in [5, 5.41) is 7.29. The SMILES string of the molecule is Brc1cccc(-n2c(-c3ccc4ccccc4c3)nc3c4ccccc4c4ccccc4c32)c1. The van der Waals surface area contributed by atoms with E-state index in [0.717, 1.165) is 32.6 Å². The van der Waals surface area contributed by atoms with Crippen molar-refractivity contribution in [3.63, 3.8) is 0 Å². The molecule has 0 aliphatic heterocycles. The first-order chi connectivity index (χ1) is 16.8. The Labute approximate surface area is 205 Å². The molecule has 0 N–H and O–H groups in total. The maximum atomic E-state index is 5.32. The van der Waals surface area contributed by atoms with E-state index < -0.39 is 0 Å². The van der Waals surface area contributed by atoms with E-state index in [0.29, 0.717) is 0 Å². The molecule has 0 spiro atoms. The zero-order valence-corrected chi connectivity index (χ0v) is 19.8. The summed E-state index contributed by atoms with van der Waals surface area (Å²) in [7, 11) is 0. The molecule has 0 amide bonds. The molecule has 0 unspecified atom stereocenters. The van der Waals surface area contributed by atoms with E-state index in [1.807, 2.05) is 0 Å². The van der Waals surface area contributed by atoms with Gasteiger partial charge in [0.25, 0.3) is 0 Å². The molecule has 0 radical (unpaired) electrons. The quantitative estimate of drug-likeness (QED) is 0.217. The third kappa shape index (κ3) is 2.91. The van der Waals surface area contributed by atoms with Crippen LogP contribution in [0, 0.1) is 0 Å². The number of imidazole rings is 1. The summed E-state index contributed by atoms with van der Waals surface area (Å²) in [4.78, 5) is 5.32. The van der Waals surface area contributed by atoms with Crippen molar-refractivity contribution in [3.05, 3.63) is 120 Å². The first kappa shape index (κ1) is 19.5. The molecule has 0 aliphatic carbocycles. The Morgan fingerprint density at radius 1 is 0.559 bits per heavy atom. The Kier molecular flexibility index (Phi) is 4.33. The van der Waals surface area contributed by atoms with Gasteiger partial charge in [-0.2, -0.15) is 0 Å². The van der Waals surface area contributed by atoms with Crippen LogP contribution < -0.4 is 0 Å². The maximum absolute atomic E-state index is 5.32. The predicted molar refractivity (Wildman–Crippen MR) is 147 cm³/mol. The zero-order valence-electron chi connectivity index (χ0n) is 18.2. The number of benzene rings is 6. The fourth-order valence-electron chi connectivity index (χ4n) is 5.09. The monoisotopic (exact) mass is 498 g/mol. The molecule has 0 aliphatic rings. The Morgan fingerprint density at radius 2 is 1.24 bits per heavy atom. The van der Waals surface area contributed by atoms with Crippen LogP contribution in [-0.2, 0) is 0 Å². The van der Waals surface area contributed by atoms with Crippen LogP contribution in [0.25, 0.3) is 60.4 Å². The van der Waals surface area contributed by atoms with E-state index in [9.17, 15) is 0 Å². The first-order valence-corrected chi connectivity index (χ1v) is 12.1. The highest BCUT2D eigenvalue weighted by atomic mass is 79.9. The molecule has 6 aromatic carbocycles. The van der Waals surface area contributed by atoms with Crippen LogP contribution in [0.5, 0.6) is 0 Å². The molecule has 0 saturated heterocycles. The number of hydrogen-bond acceptors (Lipinski definition) is 1. The minimum atomic E-state index is 0.945. The van der Waals surface area contributed by atoms with Gasteiger partial charge in [0.1, 0.15) is 5.82 Å². The van der Waals surface area contributed by atoms with Gasteiger partial charge in [0.2, 0.25) is 0 Å². The Morgan fingerprint density at radius 3 is 2.03 bits per heavy atom. The summed E-state index contributed by atoms with van der Waals surface area (Å²) >= 11 is 3.68. The topological polar surface area (TPSA) is 17.8 Å². The first-order valence-electron chi connectivity index (χ1n) is 11.3. The van der Waals surface area contributed by atoms with E-state index >= 15 is 0 Å². The second-order valence-corrected chi connectivity index (χ2v) is 9.52. The Balaban J connectivity index is 1.70. The Bertz CT molecular complexity index is 1880. The van der Waals surface area contributed by atoms with Crippen molar-refractivity contribution in [2.24, 2.45) is 0 Å². The van der Waals surface area contributed by atoms with E-state index in [1.54, 1.807) is 0 Å². The van der Waals surface area contributed by atoms with Gasteiger partial charge >= 0.3 is 0 Å². The number of fused-ring (bicyclic) bond motifs is 7. The number of rotatable bonds is 2. The van der Waals surface area contributed by atoms with Crippen molar-refractivity contribution < 1.29 is 0 Å². The van der Waals surface area contributed by atoms with Gasteiger partial charge in [-0.3, -0.25) is 4.57 Å². The second-order valence-electron chi connectivity index (χ2n) is 8.60. The summed E-state index contributed by atoms with van der Waals surface area (Å²) in [6, 6.07) is 40.8. The van der Waals surface area contributed by atoms with Gasteiger partial charge < -0.3 is 0 Å². The van der Waals surface area contributed by atoms with Crippen LogP contribution in [-0.4, -0.2) is 9.55 Å². The van der Waals surface area contributed by atoms with E-state index in [-0.39, 0.29) is 0 Å². The van der Waals surface area contributed by atoms with Crippen LogP contribution in [0.2, 0.25) is 0 Å². The van der Waals surface area contributed by atoms with Crippen molar-refractivity contribution in [2.75, 3.05) is 0 Å². The third-order valence-electron chi connectivity index (χ3n) is 6.61. The minimum Gasteiger partial charge on any atom is -0.292 e. The van der Waals surface area contributed by atoms with Crippen molar-refractivity contribution in [1.82, 2.24) is 9.55 Å². The predicted octanol–water partition coefficient (Wildman–Crippen LogP) is 8.91. The molecule has 0 saturated carbocycles. The van der Waals surface area contributed by atoms with E-state index in [2.05, 4.69) is 136 Å². The van der Waals surface area contributed by atoms with Crippen molar-refractivity contribution in [1.29, 1.82) is 0 Å². The molecule has 0 fully saturated rings. The zero-order chi connectivity index (χ0) is 22.6. The highest BCUT2D eigenvalue weighted by Crippen LogP contribution is 2.39. The highest BCUT2D eigenvalue weighted by Gasteiger charge is 2.20. The Hall–Kier alpha value is -3.95. The molecule has 160 valence electrons. The minimum absolute atomic E-state index is 0.945. The molecule has 0 atom stereocenters. The van der Waals surface area contributed by atoms with Gasteiger partial charge in [-0.1, -0.05) is 107 Å². The molecular formula is C31H19BrN2. The smallest absolute Gasteiger partial charge is 0.145 e. The summed E-state index contributed by atoms with van der Waals surface area (Å²) in [6.45, 7) is 0. The average molecular weight is 499 g/mol. The third-order valence-corrected chi connectivity index (χ3v) is 7.10. The molecular weight excluding hydrogens is 480 g/mol. The lowest BCUT2D eigenvalue weighted by atomic mass is 10.00. The number of hydrogen-bond donors (Lipinski definition) is 0. The van der Waals surface area contributed by atoms with Gasteiger partial charge in [-0.25, -0.2) is 4.98 Å². The van der Waals surface area contributed by atoms with Gasteiger partial charge in [0.05, 0.1) is 11.0 Å². The normalized spacial score (nSPS) is 11.7. The molecule has 1 aromatic heterocycles. The standard InChI is InChI=1S/C31H19BrN2/c32-23-10-7-11-24(19-23)34-30-28-15-6-4-13-26(28)25-12-3-5-14-27(25)29(30)33-31(34)22-17-16-20-8-1-2-9-21(20)18-22/h1-19H. The average Bonchev–Trinajstić information content (AvgIpc) is 3.30. The molecule has 1 heterocycles. The molecule has 7 aromatic rings. The summed E-state index contributed by atoms with van der Waals surface area (Å²) in [5.74, 6) is 0.945.